The van der Waals surface area contributed by atoms with Crippen LogP contribution in [0.5, 0.6) is 5.75 Å². The molecule has 1 atom stereocenters. The lowest BCUT2D eigenvalue weighted by atomic mass is 10.1. The van der Waals surface area contributed by atoms with Gasteiger partial charge in [0.25, 0.3) is 5.91 Å². The summed E-state index contributed by atoms with van der Waals surface area (Å²) in [6, 6.07) is 13.9. The van der Waals surface area contributed by atoms with E-state index in [4.69, 9.17) is 4.74 Å². The van der Waals surface area contributed by atoms with Gasteiger partial charge in [0.15, 0.2) is 0 Å². The van der Waals surface area contributed by atoms with Gasteiger partial charge >= 0.3 is 0 Å². The molecule has 0 radical (unpaired) electrons. The molecule has 1 heterocycles. The summed E-state index contributed by atoms with van der Waals surface area (Å²) in [6.07, 6.45) is 0.147. The lowest BCUT2D eigenvalue weighted by Gasteiger charge is -2.17. The van der Waals surface area contributed by atoms with Gasteiger partial charge in [-0.3, -0.25) is 14.4 Å². The van der Waals surface area contributed by atoms with Crippen LogP contribution in [0.4, 0.5) is 11.4 Å². The minimum atomic E-state index is -0.456. The van der Waals surface area contributed by atoms with E-state index in [9.17, 15) is 14.4 Å². The number of hydrogen-bond acceptors (Lipinski definition) is 4. The smallest absolute Gasteiger partial charge is 0.251 e. The highest BCUT2D eigenvalue weighted by Gasteiger charge is 2.35. The fourth-order valence-corrected chi connectivity index (χ4v) is 3.14. The van der Waals surface area contributed by atoms with Crippen LogP contribution in [0.1, 0.15) is 23.7 Å². The van der Waals surface area contributed by atoms with Gasteiger partial charge in [-0.25, -0.2) is 0 Å². The molecule has 0 aliphatic carbocycles. The molecule has 2 aromatic rings. The summed E-state index contributed by atoms with van der Waals surface area (Å²) in [5, 5.41) is 5.54. The van der Waals surface area contributed by atoms with Crippen LogP contribution in [0.3, 0.4) is 0 Å². The third-order valence-electron chi connectivity index (χ3n) is 4.61. The molecule has 1 fully saturated rings. The Kier molecular flexibility index (Phi) is 5.93. The third-order valence-corrected chi connectivity index (χ3v) is 4.61. The number of benzene rings is 2. The van der Waals surface area contributed by atoms with E-state index in [0.29, 0.717) is 30.1 Å². The summed E-state index contributed by atoms with van der Waals surface area (Å²) in [4.78, 5) is 38.6. The molecule has 1 saturated heterocycles. The molecule has 3 rings (SSSR count). The zero-order valence-corrected chi connectivity index (χ0v) is 15.9. The lowest BCUT2D eigenvalue weighted by molar-refractivity contribution is -0.122. The van der Waals surface area contributed by atoms with Crippen molar-refractivity contribution in [1.82, 2.24) is 5.32 Å². The number of anilines is 2. The van der Waals surface area contributed by atoms with E-state index in [1.165, 1.54) is 0 Å². The van der Waals surface area contributed by atoms with Crippen LogP contribution in [0.15, 0.2) is 48.5 Å². The Morgan fingerprint density at radius 3 is 2.61 bits per heavy atom. The van der Waals surface area contributed by atoms with E-state index in [1.807, 2.05) is 6.92 Å². The predicted molar refractivity (Wildman–Crippen MR) is 107 cm³/mol. The van der Waals surface area contributed by atoms with Crippen molar-refractivity contribution in [3.8, 4) is 5.75 Å². The fraction of sp³-hybridized carbons (Fsp3) is 0.286. The highest BCUT2D eigenvalue weighted by atomic mass is 16.5. The Balaban J connectivity index is 1.66. The van der Waals surface area contributed by atoms with Crippen molar-refractivity contribution in [2.24, 2.45) is 5.92 Å². The first-order valence-corrected chi connectivity index (χ1v) is 9.15. The fourth-order valence-electron chi connectivity index (χ4n) is 3.14. The predicted octanol–water partition coefficient (Wildman–Crippen LogP) is 2.44. The second-order valence-corrected chi connectivity index (χ2v) is 6.53. The maximum atomic E-state index is 12.6. The molecule has 0 saturated carbocycles. The van der Waals surface area contributed by atoms with E-state index < -0.39 is 5.92 Å². The molecule has 7 heteroatoms. The van der Waals surface area contributed by atoms with E-state index >= 15 is 0 Å². The van der Waals surface area contributed by atoms with Crippen LogP contribution in [0.25, 0.3) is 0 Å². The van der Waals surface area contributed by atoms with E-state index in [1.54, 1.807) is 60.5 Å². The monoisotopic (exact) mass is 381 g/mol. The Morgan fingerprint density at radius 2 is 1.93 bits per heavy atom. The molecular formula is C21H23N3O4. The molecular weight excluding hydrogens is 358 g/mol. The summed E-state index contributed by atoms with van der Waals surface area (Å²) < 4.78 is 5.13. The molecule has 1 aliphatic heterocycles. The molecule has 7 nitrogen and oxygen atoms in total. The van der Waals surface area contributed by atoms with Gasteiger partial charge in [-0.1, -0.05) is 6.07 Å². The van der Waals surface area contributed by atoms with Gasteiger partial charge in [0, 0.05) is 36.4 Å². The van der Waals surface area contributed by atoms with Crippen molar-refractivity contribution < 1.29 is 19.1 Å². The maximum absolute atomic E-state index is 12.6. The molecule has 0 spiro atoms. The largest absolute Gasteiger partial charge is 0.497 e. The number of nitrogens with one attached hydrogen (secondary N) is 2. The molecule has 0 aromatic heterocycles. The van der Waals surface area contributed by atoms with Gasteiger partial charge in [-0.2, -0.15) is 0 Å². The summed E-state index contributed by atoms with van der Waals surface area (Å²) >= 11 is 0. The summed E-state index contributed by atoms with van der Waals surface area (Å²) in [5.74, 6) is -0.279. The van der Waals surface area contributed by atoms with E-state index in [-0.39, 0.29) is 24.1 Å². The van der Waals surface area contributed by atoms with Gasteiger partial charge in [0.1, 0.15) is 5.75 Å². The van der Waals surface area contributed by atoms with Crippen molar-refractivity contribution in [1.29, 1.82) is 0 Å². The first kappa shape index (κ1) is 19.4. The van der Waals surface area contributed by atoms with Gasteiger partial charge in [-0.15, -0.1) is 0 Å². The Bertz CT molecular complexity index is 879. The Morgan fingerprint density at radius 1 is 1.18 bits per heavy atom. The normalized spacial score (nSPS) is 16.0. The number of rotatable bonds is 6. The lowest BCUT2D eigenvalue weighted by Crippen LogP contribution is -2.28. The molecule has 3 amide bonds. The van der Waals surface area contributed by atoms with Crippen LogP contribution in [0, 0.1) is 5.92 Å². The number of hydrogen-bond donors (Lipinski definition) is 2. The van der Waals surface area contributed by atoms with Crippen LogP contribution in [-0.4, -0.2) is 37.9 Å². The zero-order valence-electron chi connectivity index (χ0n) is 15.9. The minimum Gasteiger partial charge on any atom is -0.497 e. The third kappa shape index (κ3) is 4.31. The summed E-state index contributed by atoms with van der Waals surface area (Å²) in [5.41, 5.74) is 1.74. The van der Waals surface area contributed by atoms with Crippen molar-refractivity contribution >= 4 is 29.1 Å². The van der Waals surface area contributed by atoms with Gasteiger partial charge < -0.3 is 20.3 Å². The summed E-state index contributed by atoms with van der Waals surface area (Å²) in [6.45, 7) is 2.68. The molecule has 1 unspecified atom stereocenters. The second-order valence-electron chi connectivity index (χ2n) is 6.53. The molecule has 2 aromatic carbocycles. The minimum absolute atomic E-state index is 0.0959. The second kappa shape index (κ2) is 8.56. The number of amides is 3. The van der Waals surface area contributed by atoms with E-state index in [2.05, 4.69) is 10.6 Å². The standard InChI is InChI=1S/C21H23N3O4/c1-3-22-20(26)14-5-4-6-16(11-14)23-21(27)15-12-19(25)24(13-15)17-7-9-18(28-2)10-8-17/h4-11,15H,3,12-13H2,1-2H3,(H,22,26)(H,23,27). The summed E-state index contributed by atoms with van der Waals surface area (Å²) in [7, 11) is 1.58. The van der Waals surface area contributed by atoms with Crippen molar-refractivity contribution in [3.05, 3.63) is 54.1 Å². The van der Waals surface area contributed by atoms with Crippen LogP contribution < -0.4 is 20.3 Å². The van der Waals surface area contributed by atoms with Crippen LogP contribution in [-0.2, 0) is 9.59 Å². The van der Waals surface area contributed by atoms with E-state index in [0.717, 1.165) is 5.69 Å². The van der Waals surface area contributed by atoms with Gasteiger partial charge in [0.2, 0.25) is 11.8 Å². The van der Waals surface area contributed by atoms with Crippen molar-refractivity contribution in [2.75, 3.05) is 30.4 Å². The van der Waals surface area contributed by atoms with Crippen LogP contribution in [0.2, 0.25) is 0 Å². The SMILES string of the molecule is CCNC(=O)c1cccc(NC(=O)C2CC(=O)N(c3ccc(OC)cc3)C2)c1. The average Bonchev–Trinajstić information content (AvgIpc) is 3.10. The first-order valence-electron chi connectivity index (χ1n) is 9.15. The average molecular weight is 381 g/mol. The number of nitrogens with zero attached hydrogens (tertiary/aromatic N) is 1. The highest BCUT2D eigenvalue weighted by Crippen LogP contribution is 2.27. The Hall–Kier alpha value is -3.35. The zero-order chi connectivity index (χ0) is 20.1. The number of methoxy groups -OCH3 is 1. The maximum Gasteiger partial charge on any atom is 0.251 e. The Labute approximate surface area is 163 Å². The number of carbonyl (C=O) groups excluding carboxylic acids is 3. The number of ether oxygens (including phenoxy) is 1. The first-order chi connectivity index (χ1) is 13.5. The van der Waals surface area contributed by atoms with Gasteiger partial charge in [-0.05, 0) is 49.4 Å². The topological polar surface area (TPSA) is 87.7 Å². The molecule has 1 aliphatic rings. The van der Waals surface area contributed by atoms with Crippen molar-refractivity contribution in [2.45, 2.75) is 13.3 Å². The quantitative estimate of drug-likeness (QED) is 0.805. The molecule has 2 N–H and O–H groups in total. The number of carbonyl (C=O) groups is 3. The van der Waals surface area contributed by atoms with Crippen LogP contribution >= 0.6 is 0 Å². The molecule has 146 valence electrons. The highest BCUT2D eigenvalue weighted by molar-refractivity contribution is 6.04. The van der Waals surface area contributed by atoms with Crippen molar-refractivity contribution in [3.63, 3.8) is 0 Å². The van der Waals surface area contributed by atoms with Gasteiger partial charge in [0.05, 0.1) is 13.0 Å². The molecule has 0 bridgehead atoms. The molecule has 28 heavy (non-hydrogen) atoms.